The summed E-state index contributed by atoms with van der Waals surface area (Å²) in [6, 6.07) is 3.68. The molecule has 7 heteroatoms. The quantitative estimate of drug-likeness (QED) is 0.858. The van der Waals surface area contributed by atoms with Gasteiger partial charge in [0.15, 0.2) is 5.03 Å². The average Bonchev–Trinajstić information content (AvgIpc) is 2.48. The van der Waals surface area contributed by atoms with Crippen LogP contribution in [0, 0.1) is 0 Å². The smallest absolute Gasteiger partial charge is 0.260 e. The van der Waals surface area contributed by atoms with Gasteiger partial charge in [-0.15, -0.1) is 0 Å². The fourth-order valence-electron chi connectivity index (χ4n) is 2.57. The van der Waals surface area contributed by atoms with Crippen molar-refractivity contribution in [2.24, 2.45) is 0 Å². The van der Waals surface area contributed by atoms with Crippen molar-refractivity contribution < 1.29 is 8.42 Å². The van der Waals surface area contributed by atoms with Gasteiger partial charge >= 0.3 is 0 Å². The molecule has 1 saturated heterocycles. The molecule has 0 aromatic carbocycles. The topological polar surface area (TPSA) is 65.5 Å². The molecule has 1 aliphatic heterocycles. The number of aromatic nitrogens is 1. The molecule has 2 rings (SSSR count). The molecule has 1 aliphatic rings. The van der Waals surface area contributed by atoms with E-state index in [2.05, 4.69) is 15.2 Å². The lowest BCUT2D eigenvalue weighted by molar-refractivity contribution is 0.190. The number of pyridine rings is 1. The molecule has 1 N–H and O–H groups in total. The molecule has 21 heavy (non-hydrogen) atoms. The predicted octanol–water partition coefficient (Wildman–Crippen LogP) is 0.516. The van der Waals surface area contributed by atoms with E-state index in [1.165, 1.54) is 0 Å². The summed E-state index contributed by atoms with van der Waals surface area (Å²) < 4.78 is 26.9. The van der Waals surface area contributed by atoms with Crippen molar-refractivity contribution in [2.45, 2.75) is 30.5 Å². The van der Waals surface area contributed by atoms with Gasteiger partial charge in [-0.1, -0.05) is 6.07 Å². The third-order valence-corrected chi connectivity index (χ3v) is 5.65. The molecule has 2 heterocycles. The molecule has 6 nitrogen and oxygen atoms in total. The van der Waals surface area contributed by atoms with Crippen molar-refractivity contribution in [3.63, 3.8) is 0 Å². The van der Waals surface area contributed by atoms with Gasteiger partial charge in [0.1, 0.15) is 0 Å². The standard InChI is InChI=1S/C14H24N4O2S/c1-15-9-12-6-7-14(16-10-12)21(19,20)18-8-4-5-13(11-18)17(2)3/h6-7,10,13,15H,4-5,8-9,11H2,1-3H3. The SMILES string of the molecule is CNCc1ccc(S(=O)(=O)N2CCCC(N(C)C)C2)nc1. The summed E-state index contributed by atoms with van der Waals surface area (Å²) in [5, 5.41) is 3.16. The first kappa shape index (κ1) is 16.4. The van der Waals surface area contributed by atoms with Crippen molar-refractivity contribution >= 4 is 10.0 Å². The molecule has 0 spiro atoms. The van der Waals surface area contributed by atoms with E-state index in [0.29, 0.717) is 19.6 Å². The monoisotopic (exact) mass is 312 g/mol. The Balaban J connectivity index is 2.17. The lowest BCUT2D eigenvalue weighted by Gasteiger charge is -2.35. The molecule has 0 bridgehead atoms. The number of hydrogen-bond donors (Lipinski definition) is 1. The van der Waals surface area contributed by atoms with E-state index in [1.807, 2.05) is 27.2 Å². The molecular weight excluding hydrogens is 288 g/mol. The Morgan fingerprint density at radius 1 is 1.43 bits per heavy atom. The molecule has 0 radical (unpaired) electrons. The first-order valence-corrected chi connectivity index (χ1v) is 8.65. The number of nitrogens with zero attached hydrogens (tertiary/aromatic N) is 3. The molecular formula is C14H24N4O2S. The van der Waals surface area contributed by atoms with Crippen LogP contribution < -0.4 is 5.32 Å². The summed E-state index contributed by atoms with van der Waals surface area (Å²) in [6.45, 7) is 1.79. The van der Waals surface area contributed by atoms with Crippen molar-refractivity contribution in [3.8, 4) is 0 Å². The molecule has 0 amide bonds. The van der Waals surface area contributed by atoms with Gasteiger partial charge in [0.25, 0.3) is 10.0 Å². The zero-order valence-corrected chi connectivity index (χ0v) is 13.7. The number of piperidine rings is 1. The Morgan fingerprint density at radius 2 is 2.19 bits per heavy atom. The second kappa shape index (κ2) is 6.83. The third kappa shape index (κ3) is 3.79. The molecule has 1 aromatic heterocycles. The van der Waals surface area contributed by atoms with Crippen LogP contribution in [0.2, 0.25) is 0 Å². The minimum absolute atomic E-state index is 0.141. The highest BCUT2D eigenvalue weighted by atomic mass is 32.2. The van der Waals surface area contributed by atoms with Crippen LogP contribution in [0.25, 0.3) is 0 Å². The summed E-state index contributed by atoms with van der Waals surface area (Å²) in [6.07, 6.45) is 3.55. The van der Waals surface area contributed by atoms with Crippen LogP contribution in [0.5, 0.6) is 0 Å². The normalized spacial score (nSPS) is 20.9. The number of nitrogens with one attached hydrogen (secondary N) is 1. The molecule has 118 valence electrons. The molecule has 1 aromatic rings. The average molecular weight is 312 g/mol. The summed E-state index contributed by atoms with van der Waals surface area (Å²) in [5.74, 6) is 0. The fourth-order valence-corrected chi connectivity index (χ4v) is 3.99. The third-order valence-electron chi connectivity index (χ3n) is 3.87. The highest BCUT2D eigenvalue weighted by Gasteiger charge is 2.31. The van der Waals surface area contributed by atoms with Crippen LogP contribution in [0.1, 0.15) is 18.4 Å². The minimum Gasteiger partial charge on any atom is -0.316 e. The van der Waals surface area contributed by atoms with E-state index in [-0.39, 0.29) is 11.1 Å². The Labute approximate surface area is 127 Å². The van der Waals surface area contributed by atoms with E-state index < -0.39 is 10.0 Å². The number of rotatable bonds is 5. The highest BCUT2D eigenvalue weighted by Crippen LogP contribution is 2.21. The van der Waals surface area contributed by atoms with Gasteiger partial charge in [-0.25, -0.2) is 13.4 Å². The summed E-state index contributed by atoms with van der Waals surface area (Å²) in [4.78, 5) is 6.22. The van der Waals surface area contributed by atoms with Crippen LogP contribution in [-0.2, 0) is 16.6 Å². The van der Waals surface area contributed by atoms with Crippen LogP contribution in [0.15, 0.2) is 23.4 Å². The first-order chi connectivity index (χ1) is 9.95. The number of hydrogen-bond acceptors (Lipinski definition) is 5. The predicted molar refractivity (Wildman–Crippen MR) is 82.5 cm³/mol. The van der Waals surface area contributed by atoms with Gasteiger partial charge in [-0.05, 0) is 45.6 Å². The fraction of sp³-hybridized carbons (Fsp3) is 0.643. The maximum absolute atomic E-state index is 12.7. The molecule has 1 fully saturated rings. The van der Waals surface area contributed by atoms with Gasteiger partial charge in [-0.3, -0.25) is 0 Å². The Kier molecular flexibility index (Phi) is 5.32. The Bertz CT molecular complexity index is 557. The summed E-state index contributed by atoms with van der Waals surface area (Å²) in [7, 11) is 2.35. The number of likely N-dealkylation sites (N-methyl/N-ethyl adjacent to an activating group) is 1. The Morgan fingerprint density at radius 3 is 2.76 bits per heavy atom. The van der Waals surface area contributed by atoms with E-state index >= 15 is 0 Å². The maximum Gasteiger partial charge on any atom is 0.260 e. The van der Waals surface area contributed by atoms with Crippen molar-refractivity contribution in [1.29, 1.82) is 0 Å². The number of sulfonamides is 1. The van der Waals surface area contributed by atoms with Crippen molar-refractivity contribution in [1.82, 2.24) is 19.5 Å². The first-order valence-electron chi connectivity index (χ1n) is 7.21. The van der Waals surface area contributed by atoms with Gasteiger partial charge in [-0.2, -0.15) is 4.31 Å². The van der Waals surface area contributed by atoms with Gasteiger partial charge in [0.2, 0.25) is 0 Å². The van der Waals surface area contributed by atoms with E-state index in [4.69, 9.17) is 0 Å². The second-order valence-corrected chi connectivity index (χ2v) is 7.54. The lowest BCUT2D eigenvalue weighted by atomic mass is 10.1. The zero-order valence-electron chi connectivity index (χ0n) is 12.9. The molecule has 1 atom stereocenters. The molecule has 1 unspecified atom stereocenters. The van der Waals surface area contributed by atoms with Crippen LogP contribution in [-0.4, -0.2) is 62.9 Å². The van der Waals surface area contributed by atoms with E-state index in [1.54, 1.807) is 16.6 Å². The Hall–Kier alpha value is -1.02. The van der Waals surface area contributed by atoms with Crippen LogP contribution in [0.4, 0.5) is 0 Å². The second-order valence-electron chi connectivity index (χ2n) is 5.66. The lowest BCUT2D eigenvalue weighted by Crippen LogP contribution is -2.47. The van der Waals surface area contributed by atoms with Gasteiger partial charge in [0, 0.05) is 31.9 Å². The zero-order chi connectivity index (χ0) is 15.5. The molecule has 0 aliphatic carbocycles. The summed E-state index contributed by atoms with van der Waals surface area (Å²) >= 11 is 0. The van der Waals surface area contributed by atoms with Gasteiger partial charge in [0.05, 0.1) is 0 Å². The maximum atomic E-state index is 12.7. The van der Waals surface area contributed by atoms with Crippen LogP contribution in [0.3, 0.4) is 0 Å². The summed E-state index contributed by atoms with van der Waals surface area (Å²) in [5.41, 5.74) is 0.973. The van der Waals surface area contributed by atoms with Crippen LogP contribution >= 0.6 is 0 Å². The van der Waals surface area contributed by atoms with Crippen molar-refractivity contribution in [2.75, 3.05) is 34.2 Å². The van der Waals surface area contributed by atoms with E-state index in [9.17, 15) is 8.42 Å². The van der Waals surface area contributed by atoms with Crippen molar-refractivity contribution in [3.05, 3.63) is 23.9 Å². The highest BCUT2D eigenvalue weighted by molar-refractivity contribution is 7.89. The minimum atomic E-state index is -3.49. The molecule has 0 saturated carbocycles. The largest absolute Gasteiger partial charge is 0.316 e. The van der Waals surface area contributed by atoms with Gasteiger partial charge < -0.3 is 10.2 Å². The van der Waals surface area contributed by atoms with E-state index in [0.717, 1.165) is 18.4 Å².